The zero-order chi connectivity index (χ0) is 10.6. The van der Waals surface area contributed by atoms with Gasteiger partial charge in [-0.15, -0.1) is 0 Å². The summed E-state index contributed by atoms with van der Waals surface area (Å²) >= 11 is 0. The van der Waals surface area contributed by atoms with E-state index in [1.165, 1.54) is 0 Å². The van der Waals surface area contributed by atoms with Gasteiger partial charge in [-0.1, -0.05) is 26.0 Å². The van der Waals surface area contributed by atoms with E-state index in [-0.39, 0.29) is 12.0 Å². The van der Waals surface area contributed by atoms with E-state index < -0.39 is 0 Å². The van der Waals surface area contributed by atoms with Crippen LogP contribution in [-0.4, -0.2) is 17.5 Å². The SMILES string of the molecule is C[C@@H]1CCC(=O)C[C@@]1(C)C/C=C/CO. The van der Waals surface area contributed by atoms with Crippen LogP contribution in [0, 0.1) is 11.3 Å². The number of carbonyl (C=O) groups is 1. The number of aliphatic hydroxyl groups excluding tert-OH is 1. The van der Waals surface area contributed by atoms with Gasteiger partial charge in [0, 0.05) is 12.8 Å². The zero-order valence-electron chi connectivity index (χ0n) is 9.12. The molecule has 0 radical (unpaired) electrons. The molecule has 2 atom stereocenters. The minimum Gasteiger partial charge on any atom is -0.392 e. The Morgan fingerprint density at radius 1 is 1.57 bits per heavy atom. The average molecular weight is 196 g/mol. The van der Waals surface area contributed by atoms with Crippen molar-refractivity contribution >= 4 is 5.78 Å². The Morgan fingerprint density at radius 2 is 2.29 bits per heavy atom. The van der Waals surface area contributed by atoms with Crippen molar-refractivity contribution in [2.75, 3.05) is 6.61 Å². The first-order chi connectivity index (χ1) is 6.58. The van der Waals surface area contributed by atoms with Crippen LogP contribution in [0.1, 0.15) is 39.5 Å². The summed E-state index contributed by atoms with van der Waals surface area (Å²) < 4.78 is 0. The van der Waals surface area contributed by atoms with E-state index in [9.17, 15) is 4.79 Å². The Bertz CT molecular complexity index is 232. The molecule has 1 aliphatic rings. The third-order valence-electron chi connectivity index (χ3n) is 3.50. The lowest BCUT2D eigenvalue weighted by molar-refractivity contribution is -0.125. The lowest BCUT2D eigenvalue weighted by atomic mass is 9.66. The molecule has 0 aromatic heterocycles. The summed E-state index contributed by atoms with van der Waals surface area (Å²) in [5.41, 5.74) is 0.112. The molecule has 0 aromatic carbocycles. The molecule has 1 saturated carbocycles. The highest BCUT2D eigenvalue weighted by Gasteiger charge is 2.35. The fraction of sp³-hybridized carbons (Fsp3) is 0.750. The lowest BCUT2D eigenvalue weighted by Crippen LogP contribution is -2.32. The molecule has 80 valence electrons. The second kappa shape index (κ2) is 4.74. The predicted molar refractivity (Wildman–Crippen MR) is 57.0 cm³/mol. The number of hydrogen-bond acceptors (Lipinski definition) is 2. The van der Waals surface area contributed by atoms with Gasteiger partial charge < -0.3 is 5.11 Å². The maximum absolute atomic E-state index is 11.4. The molecule has 0 aliphatic heterocycles. The number of carbonyl (C=O) groups excluding carboxylic acids is 1. The van der Waals surface area contributed by atoms with Gasteiger partial charge >= 0.3 is 0 Å². The Balaban J connectivity index is 2.59. The van der Waals surface area contributed by atoms with Crippen LogP contribution in [0.15, 0.2) is 12.2 Å². The summed E-state index contributed by atoms with van der Waals surface area (Å²) in [6.45, 7) is 4.49. The smallest absolute Gasteiger partial charge is 0.133 e. The van der Waals surface area contributed by atoms with Gasteiger partial charge in [-0.25, -0.2) is 0 Å². The van der Waals surface area contributed by atoms with Gasteiger partial charge in [0.1, 0.15) is 5.78 Å². The van der Waals surface area contributed by atoms with Crippen molar-refractivity contribution in [3.63, 3.8) is 0 Å². The van der Waals surface area contributed by atoms with Gasteiger partial charge in [-0.3, -0.25) is 4.79 Å². The predicted octanol–water partition coefficient (Wildman–Crippen LogP) is 2.32. The fourth-order valence-corrected chi connectivity index (χ4v) is 2.14. The number of ketones is 1. The van der Waals surface area contributed by atoms with Crippen molar-refractivity contribution in [1.29, 1.82) is 0 Å². The Kier molecular flexibility index (Phi) is 3.87. The summed E-state index contributed by atoms with van der Waals surface area (Å²) in [4.78, 5) is 11.4. The molecule has 0 unspecified atom stereocenters. The van der Waals surface area contributed by atoms with Gasteiger partial charge in [0.2, 0.25) is 0 Å². The summed E-state index contributed by atoms with van der Waals surface area (Å²) in [6, 6.07) is 0. The highest BCUT2D eigenvalue weighted by molar-refractivity contribution is 5.80. The number of hydrogen-bond donors (Lipinski definition) is 1. The second-order valence-corrected chi connectivity index (χ2v) is 4.67. The first kappa shape index (κ1) is 11.4. The van der Waals surface area contributed by atoms with E-state index in [0.29, 0.717) is 18.1 Å². The van der Waals surface area contributed by atoms with Crippen molar-refractivity contribution in [2.24, 2.45) is 11.3 Å². The van der Waals surface area contributed by atoms with Crippen molar-refractivity contribution < 1.29 is 9.90 Å². The van der Waals surface area contributed by atoms with Gasteiger partial charge in [0.15, 0.2) is 0 Å². The molecule has 0 saturated heterocycles. The highest BCUT2D eigenvalue weighted by atomic mass is 16.2. The quantitative estimate of drug-likeness (QED) is 0.703. The minimum atomic E-state index is 0.0956. The monoisotopic (exact) mass is 196 g/mol. The molecule has 0 amide bonds. The molecule has 0 aromatic rings. The van der Waals surface area contributed by atoms with Crippen molar-refractivity contribution in [3.05, 3.63) is 12.2 Å². The van der Waals surface area contributed by atoms with Crippen LogP contribution in [-0.2, 0) is 4.79 Å². The maximum Gasteiger partial charge on any atom is 0.133 e. The Hall–Kier alpha value is -0.630. The van der Waals surface area contributed by atoms with Crippen molar-refractivity contribution in [3.8, 4) is 0 Å². The zero-order valence-corrected chi connectivity index (χ0v) is 9.12. The number of Topliss-reactive ketones (excluding diaryl/α,β-unsaturated/α-hetero) is 1. The van der Waals surface area contributed by atoms with Crippen LogP contribution in [0.3, 0.4) is 0 Å². The molecule has 1 aliphatic carbocycles. The number of allylic oxidation sites excluding steroid dienone is 1. The first-order valence-corrected chi connectivity index (χ1v) is 5.36. The average Bonchev–Trinajstić information content (AvgIpc) is 2.13. The van der Waals surface area contributed by atoms with Gasteiger partial charge in [-0.05, 0) is 24.2 Å². The van der Waals surface area contributed by atoms with E-state index in [4.69, 9.17) is 5.11 Å². The van der Waals surface area contributed by atoms with E-state index >= 15 is 0 Å². The normalized spacial score (nSPS) is 33.9. The second-order valence-electron chi connectivity index (χ2n) is 4.67. The topological polar surface area (TPSA) is 37.3 Å². The third kappa shape index (κ3) is 2.68. The van der Waals surface area contributed by atoms with Crippen LogP contribution in [0.5, 0.6) is 0 Å². The molecule has 1 fully saturated rings. The van der Waals surface area contributed by atoms with Crippen LogP contribution < -0.4 is 0 Å². The summed E-state index contributed by atoms with van der Waals surface area (Å²) in [7, 11) is 0. The first-order valence-electron chi connectivity index (χ1n) is 5.36. The van der Waals surface area contributed by atoms with Crippen LogP contribution in [0.2, 0.25) is 0 Å². The summed E-state index contributed by atoms with van der Waals surface area (Å²) in [5.74, 6) is 0.992. The Labute approximate surface area is 86.0 Å². The van der Waals surface area contributed by atoms with Gasteiger partial charge in [0.05, 0.1) is 6.61 Å². The molecular weight excluding hydrogens is 176 g/mol. The molecule has 0 spiro atoms. The van der Waals surface area contributed by atoms with Crippen molar-refractivity contribution in [2.45, 2.75) is 39.5 Å². The fourth-order valence-electron chi connectivity index (χ4n) is 2.14. The van der Waals surface area contributed by atoms with Crippen LogP contribution >= 0.6 is 0 Å². The largest absolute Gasteiger partial charge is 0.392 e. The molecule has 14 heavy (non-hydrogen) atoms. The molecular formula is C12H20O2. The van der Waals surface area contributed by atoms with E-state index in [0.717, 1.165) is 19.3 Å². The number of rotatable bonds is 3. The van der Waals surface area contributed by atoms with Crippen molar-refractivity contribution in [1.82, 2.24) is 0 Å². The molecule has 0 heterocycles. The number of aliphatic hydroxyl groups is 1. The molecule has 2 heteroatoms. The highest BCUT2D eigenvalue weighted by Crippen LogP contribution is 2.42. The third-order valence-corrected chi connectivity index (χ3v) is 3.50. The van der Waals surface area contributed by atoms with E-state index in [2.05, 4.69) is 13.8 Å². The van der Waals surface area contributed by atoms with Gasteiger partial charge in [0.25, 0.3) is 0 Å². The molecule has 0 bridgehead atoms. The standard InChI is InChI=1S/C12H20O2/c1-10-5-6-11(14)9-12(10,2)7-3-4-8-13/h3-4,10,13H,5-9H2,1-2H3/b4-3+/t10-,12-/m1/s1. The van der Waals surface area contributed by atoms with Crippen LogP contribution in [0.25, 0.3) is 0 Å². The van der Waals surface area contributed by atoms with E-state index in [1.54, 1.807) is 6.08 Å². The summed E-state index contributed by atoms with van der Waals surface area (Å²) in [5, 5.41) is 8.64. The molecule has 1 N–H and O–H groups in total. The summed E-state index contributed by atoms with van der Waals surface area (Å²) in [6.07, 6.45) is 7.12. The van der Waals surface area contributed by atoms with Gasteiger partial charge in [-0.2, -0.15) is 0 Å². The maximum atomic E-state index is 11.4. The van der Waals surface area contributed by atoms with E-state index in [1.807, 2.05) is 6.08 Å². The lowest BCUT2D eigenvalue weighted by Gasteiger charge is -2.38. The molecule has 1 rings (SSSR count). The Morgan fingerprint density at radius 3 is 2.93 bits per heavy atom. The molecule has 2 nitrogen and oxygen atoms in total. The minimum absolute atomic E-state index is 0.0956. The van der Waals surface area contributed by atoms with Crippen LogP contribution in [0.4, 0.5) is 0 Å².